The second kappa shape index (κ2) is 3.66. The van der Waals surface area contributed by atoms with Gasteiger partial charge in [-0.25, -0.2) is 0 Å². The third-order valence-electron chi connectivity index (χ3n) is 2.81. The first-order valence-corrected chi connectivity index (χ1v) is 5.18. The lowest BCUT2D eigenvalue weighted by Gasteiger charge is -2.30. The largest absolute Gasteiger partial charge is 0.364 e. The van der Waals surface area contributed by atoms with Crippen molar-refractivity contribution in [2.24, 2.45) is 5.73 Å². The number of hydrogen-bond donors (Lipinski definition) is 1. The molecule has 0 aromatic carbocycles. The van der Waals surface area contributed by atoms with Crippen molar-refractivity contribution in [2.45, 2.75) is 33.0 Å². The number of carbonyl (C=O) groups is 1. The predicted molar refractivity (Wildman–Crippen MR) is 56.3 cm³/mol. The van der Waals surface area contributed by atoms with Crippen LogP contribution in [0.3, 0.4) is 0 Å². The molecule has 1 aliphatic rings. The molecule has 5 heteroatoms. The van der Waals surface area contributed by atoms with Crippen LogP contribution in [0, 0.1) is 0 Å². The summed E-state index contributed by atoms with van der Waals surface area (Å²) in [7, 11) is 0. The number of nitrogens with zero attached hydrogens (tertiary/aromatic N) is 3. The molecule has 0 spiro atoms. The standard InChI is InChI=1S/C10H16N4O/c1-7(2)13-3-4-14-8(6-13)5-9(12-14)10(11)15/h5,7H,3-4,6H2,1-2H3,(H2,11,15). The van der Waals surface area contributed by atoms with Gasteiger partial charge in [0.1, 0.15) is 5.69 Å². The predicted octanol–water partition coefficient (Wildman–Crippen LogP) is 0.206. The zero-order valence-electron chi connectivity index (χ0n) is 9.10. The van der Waals surface area contributed by atoms with Gasteiger partial charge in [0.05, 0.1) is 12.2 Å². The molecular formula is C10H16N4O. The van der Waals surface area contributed by atoms with Crippen LogP contribution in [-0.4, -0.2) is 33.2 Å². The van der Waals surface area contributed by atoms with Crippen molar-refractivity contribution in [1.82, 2.24) is 14.7 Å². The van der Waals surface area contributed by atoms with Crippen LogP contribution >= 0.6 is 0 Å². The Morgan fingerprint density at radius 3 is 2.87 bits per heavy atom. The van der Waals surface area contributed by atoms with E-state index in [0.29, 0.717) is 11.7 Å². The van der Waals surface area contributed by atoms with Crippen molar-refractivity contribution in [3.8, 4) is 0 Å². The highest BCUT2D eigenvalue weighted by molar-refractivity contribution is 5.90. The molecule has 2 rings (SSSR count). The average Bonchev–Trinajstić information content (AvgIpc) is 2.59. The van der Waals surface area contributed by atoms with Gasteiger partial charge in [0.25, 0.3) is 5.91 Å². The summed E-state index contributed by atoms with van der Waals surface area (Å²) in [6.45, 7) is 6.99. The summed E-state index contributed by atoms with van der Waals surface area (Å²) >= 11 is 0. The van der Waals surface area contributed by atoms with E-state index in [1.54, 1.807) is 6.07 Å². The Morgan fingerprint density at radius 2 is 2.27 bits per heavy atom. The minimum Gasteiger partial charge on any atom is -0.364 e. The maximum atomic E-state index is 11.0. The fraction of sp³-hybridized carbons (Fsp3) is 0.600. The summed E-state index contributed by atoms with van der Waals surface area (Å²) in [5.74, 6) is -0.451. The highest BCUT2D eigenvalue weighted by Crippen LogP contribution is 2.15. The fourth-order valence-corrected chi connectivity index (χ4v) is 1.85. The van der Waals surface area contributed by atoms with Crippen LogP contribution in [0.25, 0.3) is 0 Å². The number of nitrogens with two attached hydrogens (primary N) is 1. The molecule has 0 bridgehead atoms. The topological polar surface area (TPSA) is 64.2 Å². The Balaban J connectivity index is 2.23. The van der Waals surface area contributed by atoms with Gasteiger partial charge >= 0.3 is 0 Å². The minimum absolute atomic E-state index is 0.371. The van der Waals surface area contributed by atoms with Crippen LogP contribution in [0.4, 0.5) is 0 Å². The van der Waals surface area contributed by atoms with Crippen LogP contribution in [0.5, 0.6) is 0 Å². The first-order valence-electron chi connectivity index (χ1n) is 5.18. The summed E-state index contributed by atoms with van der Waals surface area (Å²) in [6.07, 6.45) is 0. The molecular weight excluding hydrogens is 192 g/mol. The summed E-state index contributed by atoms with van der Waals surface area (Å²) in [6, 6.07) is 2.31. The van der Waals surface area contributed by atoms with Crippen LogP contribution in [0.1, 0.15) is 30.0 Å². The molecule has 1 amide bonds. The van der Waals surface area contributed by atoms with E-state index >= 15 is 0 Å². The molecule has 0 atom stereocenters. The Labute approximate surface area is 88.8 Å². The second-order valence-electron chi connectivity index (χ2n) is 4.17. The first-order chi connectivity index (χ1) is 7.08. The number of hydrogen-bond acceptors (Lipinski definition) is 3. The zero-order chi connectivity index (χ0) is 11.0. The van der Waals surface area contributed by atoms with Crippen LogP contribution in [0.15, 0.2) is 6.07 Å². The van der Waals surface area contributed by atoms with E-state index in [0.717, 1.165) is 25.3 Å². The molecule has 0 radical (unpaired) electrons. The molecule has 0 unspecified atom stereocenters. The molecule has 0 saturated heterocycles. The Bertz CT molecular complexity index is 383. The smallest absolute Gasteiger partial charge is 0.269 e. The molecule has 5 nitrogen and oxygen atoms in total. The first kappa shape index (κ1) is 10.2. The normalized spacial score (nSPS) is 16.7. The van der Waals surface area contributed by atoms with E-state index in [-0.39, 0.29) is 0 Å². The second-order valence-corrected chi connectivity index (χ2v) is 4.17. The zero-order valence-corrected chi connectivity index (χ0v) is 9.10. The van der Waals surface area contributed by atoms with Gasteiger partial charge in [-0.3, -0.25) is 14.4 Å². The summed E-state index contributed by atoms with van der Waals surface area (Å²) < 4.78 is 1.87. The molecule has 1 aliphatic heterocycles. The third-order valence-corrected chi connectivity index (χ3v) is 2.81. The molecule has 1 aromatic rings. The van der Waals surface area contributed by atoms with Gasteiger partial charge in [-0.05, 0) is 19.9 Å². The maximum absolute atomic E-state index is 11.0. The molecule has 1 aromatic heterocycles. The molecule has 0 saturated carbocycles. The number of rotatable bonds is 2. The number of amides is 1. The Morgan fingerprint density at radius 1 is 1.53 bits per heavy atom. The molecule has 15 heavy (non-hydrogen) atoms. The summed E-state index contributed by atoms with van der Waals surface area (Å²) in [5, 5.41) is 4.16. The number of primary amides is 1. The van der Waals surface area contributed by atoms with Gasteiger partial charge < -0.3 is 5.73 Å². The van der Waals surface area contributed by atoms with E-state index in [2.05, 4.69) is 23.8 Å². The van der Waals surface area contributed by atoms with Crippen molar-refractivity contribution >= 4 is 5.91 Å². The van der Waals surface area contributed by atoms with Gasteiger partial charge in [0.15, 0.2) is 0 Å². The number of aromatic nitrogens is 2. The van der Waals surface area contributed by atoms with Crippen LogP contribution < -0.4 is 5.73 Å². The van der Waals surface area contributed by atoms with Crippen molar-refractivity contribution in [1.29, 1.82) is 0 Å². The quantitative estimate of drug-likeness (QED) is 0.755. The van der Waals surface area contributed by atoms with E-state index in [1.165, 1.54) is 0 Å². The number of fused-ring (bicyclic) bond motifs is 1. The van der Waals surface area contributed by atoms with Crippen LogP contribution in [-0.2, 0) is 13.1 Å². The highest BCUT2D eigenvalue weighted by Gasteiger charge is 2.21. The monoisotopic (exact) mass is 208 g/mol. The van der Waals surface area contributed by atoms with E-state index in [1.807, 2.05) is 4.68 Å². The van der Waals surface area contributed by atoms with E-state index < -0.39 is 5.91 Å². The summed E-state index contributed by atoms with van der Waals surface area (Å²) in [5.41, 5.74) is 6.64. The molecule has 2 heterocycles. The highest BCUT2D eigenvalue weighted by atomic mass is 16.1. The Kier molecular flexibility index (Phi) is 2.48. The van der Waals surface area contributed by atoms with Gasteiger partial charge in [-0.1, -0.05) is 0 Å². The summed E-state index contributed by atoms with van der Waals surface area (Å²) in [4.78, 5) is 13.3. The minimum atomic E-state index is -0.451. The van der Waals surface area contributed by atoms with Gasteiger partial charge in [0.2, 0.25) is 0 Å². The lowest BCUT2D eigenvalue weighted by atomic mass is 10.2. The molecule has 2 N–H and O–H groups in total. The van der Waals surface area contributed by atoms with Crippen molar-refractivity contribution < 1.29 is 4.79 Å². The van der Waals surface area contributed by atoms with Gasteiger partial charge in [-0.2, -0.15) is 5.10 Å². The van der Waals surface area contributed by atoms with Crippen molar-refractivity contribution in [2.75, 3.05) is 6.54 Å². The fourth-order valence-electron chi connectivity index (χ4n) is 1.85. The molecule has 0 aliphatic carbocycles. The van der Waals surface area contributed by atoms with Crippen molar-refractivity contribution in [3.05, 3.63) is 17.5 Å². The molecule has 0 fully saturated rings. The lowest BCUT2D eigenvalue weighted by molar-refractivity contribution is 0.0994. The lowest BCUT2D eigenvalue weighted by Crippen LogP contribution is -2.38. The van der Waals surface area contributed by atoms with E-state index in [4.69, 9.17) is 5.73 Å². The van der Waals surface area contributed by atoms with E-state index in [9.17, 15) is 4.79 Å². The van der Waals surface area contributed by atoms with Crippen molar-refractivity contribution in [3.63, 3.8) is 0 Å². The third kappa shape index (κ3) is 1.87. The molecule has 82 valence electrons. The number of carbonyl (C=O) groups excluding carboxylic acids is 1. The Hall–Kier alpha value is -1.36. The SMILES string of the molecule is CC(C)N1CCn2nc(C(N)=O)cc2C1. The van der Waals surface area contributed by atoms with Crippen LogP contribution in [0.2, 0.25) is 0 Å². The maximum Gasteiger partial charge on any atom is 0.269 e. The average molecular weight is 208 g/mol. The van der Waals surface area contributed by atoms with Gasteiger partial charge in [0, 0.05) is 19.1 Å². The van der Waals surface area contributed by atoms with Gasteiger partial charge in [-0.15, -0.1) is 0 Å².